The first-order valence-corrected chi connectivity index (χ1v) is 4.97. The summed E-state index contributed by atoms with van der Waals surface area (Å²) in [4.78, 5) is 2.28. The minimum absolute atomic E-state index is 0.230. The van der Waals surface area contributed by atoms with Gasteiger partial charge in [0, 0.05) is 31.7 Å². The molecule has 3 nitrogen and oxygen atoms in total. The van der Waals surface area contributed by atoms with Crippen LogP contribution in [0.25, 0.3) is 0 Å². The van der Waals surface area contributed by atoms with Crippen molar-refractivity contribution in [2.24, 2.45) is 0 Å². The molecule has 0 amide bonds. The highest BCUT2D eigenvalue weighted by atomic mass is 16.3. The van der Waals surface area contributed by atoms with Crippen LogP contribution >= 0.6 is 0 Å². The minimum atomic E-state index is 0.230. The third-order valence-electron chi connectivity index (χ3n) is 2.64. The van der Waals surface area contributed by atoms with Gasteiger partial charge in [-0.3, -0.25) is 4.90 Å². The van der Waals surface area contributed by atoms with Crippen molar-refractivity contribution in [3.05, 3.63) is 12.7 Å². The molecule has 0 radical (unpaired) electrons. The first-order valence-electron chi connectivity index (χ1n) is 4.97. The van der Waals surface area contributed by atoms with Gasteiger partial charge < -0.3 is 10.4 Å². The Morgan fingerprint density at radius 3 is 3.08 bits per heavy atom. The van der Waals surface area contributed by atoms with Gasteiger partial charge in [-0.15, -0.1) is 6.58 Å². The Balaban J connectivity index is 2.50. The van der Waals surface area contributed by atoms with Crippen molar-refractivity contribution >= 4 is 0 Å². The maximum atomic E-state index is 9.18. The van der Waals surface area contributed by atoms with Crippen LogP contribution in [0.4, 0.5) is 0 Å². The SMILES string of the molecule is C=CCN1CCC(C)NCC1CO. The molecule has 1 heterocycles. The second kappa shape index (κ2) is 5.37. The van der Waals surface area contributed by atoms with Crippen molar-refractivity contribution in [3.63, 3.8) is 0 Å². The van der Waals surface area contributed by atoms with Crippen LogP contribution in [-0.2, 0) is 0 Å². The van der Waals surface area contributed by atoms with Gasteiger partial charge in [-0.2, -0.15) is 0 Å². The monoisotopic (exact) mass is 184 g/mol. The van der Waals surface area contributed by atoms with Gasteiger partial charge in [0.1, 0.15) is 0 Å². The van der Waals surface area contributed by atoms with E-state index in [1.165, 1.54) is 0 Å². The normalized spacial score (nSPS) is 31.2. The smallest absolute Gasteiger partial charge is 0.0599 e. The molecule has 1 saturated heterocycles. The summed E-state index contributed by atoms with van der Waals surface area (Å²) in [6.07, 6.45) is 3.04. The summed E-state index contributed by atoms with van der Waals surface area (Å²) >= 11 is 0. The van der Waals surface area contributed by atoms with E-state index in [1.54, 1.807) is 0 Å². The molecule has 1 rings (SSSR count). The lowest BCUT2D eigenvalue weighted by Crippen LogP contribution is -2.42. The number of nitrogens with zero attached hydrogens (tertiary/aromatic N) is 1. The summed E-state index contributed by atoms with van der Waals surface area (Å²) < 4.78 is 0. The van der Waals surface area contributed by atoms with E-state index < -0.39 is 0 Å². The molecule has 1 aliphatic heterocycles. The van der Waals surface area contributed by atoms with E-state index in [1.807, 2.05) is 6.08 Å². The number of nitrogens with one attached hydrogen (secondary N) is 1. The molecule has 2 atom stereocenters. The lowest BCUT2D eigenvalue weighted by molar-refractivity contribution is 0.143. The molecule has 1 aliphatic rings. The summed E-state index contributed by atoms with van der Waals surface area (Å²) in [5, 5.41) is 12.6. The van der Waals surface area contributed by atoms with Gasteiger partial charge in [0.15, 0.2) is 0 Å². The molecule has 0 bridgehead atoms. The van der Waals surface area contributed by atoms with E-state index >= 15 is 0 Å². The quantitative estimate of drug-likeness (QED) is 0.616. The highest BCUT2D eigenvalue weighted by molar-refractivity contribution is 4.84. The first-order chi connectivity index (χ1) is 6.27. The topological polar surface area (TPSA) is 35.5 Å². The molecular weight excluding hydrogens is 164 g/mol. The number of hydrogen-bond donors (Lipinski definition) is 2. The van der Waals surface area contributed by atoms with E-state index in [0.29, 0.717) is 6.04 Å². The third-order valence-corrected chi connectivity index (χ3v) is 2.64. The maximum absolute atomic E-state index is 9.18. The average molecular weight is 184 g/mol. The Kier molecular flexibility index (Phi) is 4.42. The standard InChI is InChI=1S/C10H20N2O/c1-3-5-12-6-4-9(2)11-7-10(12)8-13/h3,9-11,13H,1,4-8H2,2H3. The summed E-state index contributed by atoms with van der Waals surface area (Å²) in [6.45, 7) is 8.95. The first kappa shape index (κ1) is 10.7. The Morgan fingerprint density at radius 2 is 2.46 bits per heavy atom. The summed E-state index contributed by atoms with van der Waals surface area (Å²) in [7, 11) is 0. The Morgan fingerprint density at radius 1 is 1.69 bits per heavy atom. The predicted molar refractivity (Wildman–Crippen MR) is 54.7 cm³/mol. The van der Waals surface area contributed by atoms with E-state index in [4.69, 9.17) is 0 Å². The molecule has 2 unspecified atom stereocenters. The Labute approximate surface area is 80.4 Å². The zero-order valence-corrected chi connectivity index (χ0v) is 8.37. The van der Waals surface area contributed by atoms with Gasteiger partial charge >= 0.3 is 0 Å². The van der Waals surface area contributed by atoms with Crippen molar-refractivity contribution in [1.82, 2.24) is 10.2 Å². The molecule has 0 spiro atoms. The van der Waals surface area contributed by atoms with Crippen molar-refractivity contribution in [2.45, 2.75) is 25.4 Å². The maximum Gasteiger partial charge on any atom is 0.0599 e. The van der Waals surface area contributed by atoms with Crippen LogP contribution < -0.4 is 5.32 Å². The molecule has 13 heavy (non-hydrogen) atoms. The molecule has 0 aliphatic carbocycles. The van der Waals surface area contributed by atoms with E-state index in [9.17, 15) is 5.11 Å². The lowest BCUT2D eigenvalue weighted by atomic mass is 10.2. The minimum Gasteiger partial charge on any atom is -0.395 e. The molecule has 0 aromatic carbocycles. The molecule has 0 aromatic rings. The van der Waals surface area contributed by atoms with Gasteiger partial charge in [-0.1, -0.05) is 6.08 Å². The zero-order chi connectivity index (χ0) is 9.68. The van der Waals surface area contributed by atoms with Crippen LogP contribution in [0, 0.1) is 0 Å². The predicted octanol–water partition coefficient (Wildman–Crippen LogP) is 0.217. The van der Waals surface area contributed by atoms with E-state index in [2.05, 4.69) is 23.7 Å². The fraction of sp³-hybridized carbons (Fsp3) is 0.800. The van der Waals surface area contributed by atoms with Gasteiger partial charge in [0.2, 0.25) is 0 Å². The molecule has 1 fully saturated rings. The zero-order valence-electron chi connectivity index (χ0n) is 8.37. The summed E-state index contributed by atoms with van der Waals surface area (Å²) in [6, 6.07) is 0.812. The van der Waals surface area contributed by atoms with E-state index in [0.717, 1.165) is 26.1 Å². The van der Waals surface area contributed by atoms with Crippen molar-refractivity contribution in [1.29, 1.82) is 0 Å². The highest BCUT2D eigenvalue weighted by Crippen LogP contribution is 2.06. The van der Waals surface area contributed by atoms with Crippen LogP contribution in [-0.4, -0.2) is 48.3 Å². The van der Waals surface area contributed by atoms with Crippen molar-refractivity contribution in [3.8, 4) is 0 Å². The molecule has 2 N–H and O–H groups in total. The number of hydrogen-bond acceptors (Lipinski definition) is 3. The van der Waals surface area contributed by atoms with Crippen LogP contribution in [0.5, 0.6) is 0 Å². The molecule has 0 saturated carbocycles. The molecular formula is C10H20N2O. The van der Waals surface area contributed by atoms with Gasteiger partial charge in [0.05, 0.1) is 6.61 Å². The van der Waals surface area contributed by atoms with Crippen molar-refractivity contribution in [2.75, 3.05) is 26.2 Å². The fourth-order valence-electron chi connectivity index (χ4n) is 1.70. The van der Waals surface area contributed by atoms with Crippen LogP contribution in [0.15, 0.2) is 12.7 Å². The van der Waals surface area contributed by atoms with E-state index in [-0.39, 0.29) is 12.6 Å². The lowest BCUT2D eigenvalue weighted by Gasteiger charge is -2.26. The number of rotatable bonds is 3. The average Bonchev–Trinajstić information content (AvgIpc) is 2.30. The van der Waals surface area contributed by atoms with Crippen LogP contribution in [0.1, 0.15) is 13.3 Å². The third kappa shape index (κ3) is 3.10. The summed E-state index contributed by atoms with van der Waals surface area (Å²) in [5.74, 6) is 0. The molecule has 3 heteroatoms. The summed E-state index contributed by atoms with van der Waals surface area (Å²) in [5.41, 5.74) is 0. The number of aliphatic hydroxyl groups is 1. The fourth-order valence-corrected chi connectivity index (χ4v) is 1.70. The van der Waals surface area contributed by atoms with Crippen molar-refractivity contribution < 1.29 is 5.11 Å². The Bertz CT molecular complexity index is 161. The van der Waals surface area contributed by atoms with Gasteiger partial charge in [-0.05, 0) is 13.3 Å². The van der Waals surface area contributed by atoms with Crippen LogP contribution in [0.3, 0.4) is 0 Å². The molecule has 76 valence electrons. The highest BCUT2D eigenvalue weighted by Gasteiger charge is 2.21. The molecule has 0 aromatic heterocycles. The van der Waals surface area contributed by atoms with Gasteiger partial charge in [-0.25, -0.2) is 0 Å². The van der Waals surface area contributed by atoms with Crippen LogP contribution in [0.2, 0.25) is 0 Å². The second-order valence-corrected chi connectivity index (χ2v) is 3.72. The number of aliphatic hydroxyl groups excluding tert-OH is 1. The Hall–Kier alpha value is -0.380. The second-order valence-electron chi connectivity index (χ2n) is 3.72. The largest absolute Gasteiger partial charge is 0.395 e. The van der Waals surface area contributed by atoms with Gasteiger partial charge in [0.25, 0.3) is 0 Å².